The minimum atomic E-state index is -1.19. The van der Waals surface area contributed by atoms with Gasteiger partial charge >= 0.3 is 5.97 Å². The quantitative estimate of drug-likeness (QED) is 0.239. The third-order valence-electron chi connectivity index (χ3n) is 5.65. The number of aryl methyl sites for hydroxylation is 2. The van der Waals surface area contributed by atoms with Crippen LogP contribution in [0.1, 0.15) is 29.8 Å². The first kappa shape index (κ1) is 22.4. The van der Waals surface area contributed by atoms with Crippen molar-refractivity contribution in [2.45, 2.75) is 38.8 Å². The van der Waals surface area contributed by atoms with Crippen molar-refractivity contribution >= 4 is 45.7 Å². The van der Waals surface area contributed by atoms with Crippen LogP contribution in [0.25, 0.3) is 5.70 Å². The van der Waals surface area contributed by atoms with Gasteiger partial charge in [0, 0.05) is 30.4 Å². The number of nitrogens with one attached hydrogen (secondary N) is 1. The summed E-state index contributed by atoms with van der Waals surface area (Å²) in [5.74, 6) is -2.35. The molecule has 0 spiro atoms. The Kier molecular flexibility index (Phi) is 5.85. The lowest BCUT2D eigenvalue weighted by molar-refractivity contribution is -0.592. The Morgan fingerprint density at radius 3 is 2.79 bits per heavy atom. The number of carboxylic acid groups (broad SMARTS) is 1. The molecule has 12 heteroatoms. The molecule has 4 rings (SSSR count). The van der Waals surface area contributed by atoms with Crippen molar-refractivity contribution in [1.82, 2.24) is 15.2 Å². The lowest BCUT2D eigenvalue weighted by atomic mass is 9.85. The molecule has 11 nitrogen and oxygen atoms in total. The minimum Gasteiger partial charge on any atom is -0.476 e. The molecule has 2 atom stereocenters. The predicted molar refractivity (Wildman–Crippen MR) is 119 cm³/mol. The number of carboxylic acids is 1. The number of fused-ring (bicyclic) bond motifs is 1. The number of aliphatic carboxylic acids is 1. The molecular weight excluding hydrogens is 448 g/mol. The number of allylic oxidation sites excluding steroid dienone is 1. The number of nitrogens with zero attached hydrogens (tertiary/aromatic N) is 4. The number of rotatable bonds is 6. The fraction of sp³-hybridized carbons (Fsp3) is 0.333. The zero-order valence-corrected chi connectivity index (χ0v) is 19.0. The van der Waals surface area contributed by atoms with Gasteiger partial charge in [-0.25, -0.2) is 9.78 Å². The Labute approximate surface area is 193 Å². The molecule has 2 aromatic heterocycles. The number of hydrogen-bond donors (Lipinski definition) is 3. The summed E-state index contributed by atoms with van der Waals surface area (Å²) in [4.78, 5) is 48.1. The molecule has 2 aliphatic heterocycles. The van der Waals surface area contributed by atoms with Crippen LogP contribution < -0.4 is 15.6 Å². The number of anilines is 1. The summed E-state index contributed by atoms with van der Waals surface area (Å²) in [6.07, 6.45) is 2.77. The highest BCUT2D eigenvalue weighted by Crippen LogP contribution is 2.37. The molecule has 0 saturated carbocycles. The number of pyridine rings is 1. The Balaban J connectivity index is 1.61. The predicted octanol–water partition coefficient (Wildman–Crippen LogP) is 0.423. The third-order valence-corrected chi connectivity index (χ3v) is 6.33. The molecule has 0 radical (unpaired) electrons. The summed E-state index contributed by atoms with van der Waals surface area (Å²) in [7, 11) is 1.29. The number of oxime groups is 1. The molecule has 4 N–H and O–H groups in total. The van der Waals surface area contributed by atoms with Gasteiger partial charge in [-0.2, -0.15) is 4.57 Å². The largest absolute Gasteiger partial charge is 0.476 e. The molecule has 33 heavy (non-hydrogen) atoms. The van der Waals surface area contributed by atoms with E-state index in [2.05, 4.69) is 15.5 Å². The molecule has 0 unspecified atom stereocenters. The van der Waals surface area contributed by atoms with E-state index >= 15 is 0 Å². The fourth-order valence-electron chi connectivity index (χ4n) is 4.15. The fourth-order valence-corrected chi connectivity index (χ4v) is 4.70. The van der Waals surface area contributed by atoms with Crippen LogP contribution in [0.15, 0.2) is 34.6 Å². The second-order valence-corrected chi connectivity index (χ2v) is 8.67. The standard InChI is InChI=1S/C21H22N6O5S/c1-10-4-5-11(2)26(8-10)14-7-6-13-16(19(29)27(13)17(14)20(30)31)24-18(28)15(25-32-3)12-9-33-21(22)23-12/h4-5,8-9,13,16H,6-7H2,1-3H3,(H3-,22,23,24,28,30,31)/p+1/b25-15-/t13-,16+/m1/s1. The van der Waals surface area contributed by atoms with Crippen molar-refractivity contribution in [2.24, 2.45) is 5.16 Å². The number of aromatic nitrogens is 2. The second kappa shape index (κ2) is 8.62. The molecule has 2 amide bonds. The van der Waals surface area contributed by atoms with Crippen LogP contribution in [0, 0.1) is 13.8 Å². The molecule has 0 aromatic carbocycles. The lowest BCUT2D eigenvalue weighted by Gasteiger charge is -2.48. The molecule has 0 bridgehead atoms. The molecular formula is C21H23N6O5S+. The van der Waals surface area contributed by atoms with Crippen molar-refractivity contribution in [3.8, 4) is 0 Å². The second-order valence-electron chi connectivity index (χ2n) is 7.78. The molecule has 1 saturated heterocycles. The Hall–Kier alpha value is -3.80. The highest BCUT2D eigenvalue weighted by molar-refractivity contribution is 7.13. The molecule has 172 valence electrons. The zero-order valence-electron chi connectivity index (χ0n) is 18.2. The number of nitrogen functional groups attached to an aromatic ring is 1. The number of β-lactam (4-membered cyclic amide) rings is 1. The normalized spacial score (nSPS) is 20.3. The van der Waals surface area contributed by atoms with E-state index in [4.69, 9.17) is 10.6 Å². The first-order valence-electron chi connectivity index (χ1n) is 10.1. The summed E-state index contributed by atoms with van der Waals surface area (Å²) in [6, 6.07) is 2.48. The number of amides is 2. The average molecular weight is 472 g/mol. The van der Waals surface area contributed by atoms with Crippen molar-refractivity contribution < 1.29 is 28.9 Å². The molecule has 2 aromatic rings. The first-order chi connectivity index (χ1) is 15.7. The SMILES string of the molecule is CO/N=C(\C(=O)N[C@@H]1C(=O)N2C(C(=O)O)=C([n+]3cc(C)ccc3C)CC[C@H]12)c1csc(N)n1. The van der Waals surface area contributed by atoms with E-state index in [1.54, 1.807) is 5.38 Å². The first-order valence-corrected chi connectivity index (χ1v) is 11.0. The van der Waals surface area contributed by atoms with Gasteiger partial charge in [0.05, 0.1) is 6.04 Å². The van der Waals surface area contributed by atoms with Crippen molar-refractivity contribution in [3.05, 3.63) is 46.4 Å². The average Bonchev–Trinajstić information content (AvgIpc) is 3.21. The van der Waals surface area contributed by atoms with E-state index in [-0.39, 0.29) is 22.2 Å². The maximum atomic E-state index is 13.0. The summed E-state index contributed by atoms with van der Waals surface area (Å²) in [6.45, 7) is 3.79. The van der Waals surface area contributed by atoms with E-state index < -0.39 is 29.9 Å². The number of hydrogen-bond acceptors (Lipinski definition) is 8. The van der Waals surface area contributed by atoms with Gasteiger partial charge in [-0.3, -0.25) is 14.5 Å². The van der Waals surface area contributed by atoms with Crippen molar-refractivity contribution in [2.75, 3.05) is 12.8 Å². The Morgan fingerprint density at radius 1 is 1.39 bits per heavy atom. The highest BCUT2D eigenvalue weighted by atomic mass is 32.1. The smallest absolute Gasteiger partial charge is 0.359 e. The van der Waals surface area contributed by atoms with E-state index in [0.29, 0.717) is 18.5 Å². The van der Waals surface area contributed by atoms with Crippen LogP contribution in [-0.4, -0.2) is 57.7 Å². The maximum absolute atomic E-state index is 13.0. The van der Waals surface area contributed by atoms with E-state index in [1.165, 1.54) is 12.0 Å². The zero-order chi connectivity index (χ0) is 23.9. The summed E-state index contributed by atoms with van der Waals surface area (Å²) in [5.41, 5.74) is 8.04. The van der Waals surface area contributed by atoms with Gasteiger partial charge in [-0.15, -0.1) is 11.3 Å². The van der Waals surface area contributed by atoms with Crippen LogP contribution in [0.5, 0.6) is 0 Å². The van der Waals surface area contributed by atoms with Gasteiger partial charge < -0.3 is 21.0 Å². The highest BCUT2D eigenvalue weighted by Gasteiger charge is 2.55. The van der Waals surface area contributed by atoms with Gasteiger partial charge in [0.25, 0.3) is 11.8 Å². The third kappa shape index (κ3) is 3.93. The Bertz CT molecular complexity index is 1220. The summed E-state index contributed by atoms with van der Waals surface area (Å²) < 4.78 is 1.81. The topological polar surface area (TPSA) is 151 Å². The van der Waals surface area contributed by atoms with Crippen LogP contribution >= 0.6 is 11.3 Å². The number of nitrogens with two attached hydrogens (primary N) is 1. The lowest BCUT2D eigenvalue weighted by Crippen LogP contribution is -2.72. The molecule has 1 fully saturated rings. The summed E-state index contributed by atoms with van der Waals surface area (Å²) >= 11 is 1.14. The number of carbonyl (C=O) groups excluding carboxylic acids is 2. The molecule has 2 aliphatic rings. The number of thiazole rings is 1. The Morgan fingerprint density at radius 2 is 2.15 bits per heavy atom. The van der Waals surface area contributed by atoms with Gasteiger partial charge in [-0.1, -0.05) is 5.16 Å². The van der Waals surface area contributed by atoms with Crippen molar-refractivity contribution in [3.63, 3.8) is 0 Å². The molecule has 4 heterocycles. The van der Waals surface area contributed by atoms with Crippen LogP contribution in [0.2, 0.25) is 0 Å². The number of carbonyl (C=O) groups is 3. The van der Waals surface area contributed by atoms with E-state index in [1.807, 2.05) is 36.7 Å². The van der Waals surface area contributed by atoms with Gasteiger partial charge in [0.15, 0.2) is 28.4 Å². The van der Waals surface area contributed by atoms with Crippen LogP contribution in [0.4, 0.5) is 5.13 Å². The summed E-state index contributed by atoms with van der Waals surface area (Å²) in [5, 5.41) is 18.1. The van der Waals surface area contributed by atoms with Gasteiger partial charge in [0.1, 0.15) is 18.8 Å². The minimum absolute atomic E-state index is 0.0708. The van der Waals surface area contributed by atoms with Crippen LogP contribution in [-0.2, 0) is 19.2 Å². The van der Waals surface area contributed by atoms with E-state index in [0.717, 1.165) is 22.6 Å². The van der Waals surface area contributed by atoms with Gasteiger partial charge in [0.2, 0.25) is 5.70 Å². The maximum Gasteiger partial charge on any atom is 0.359 e. The van der Waals surface area contributed by atoms with Crippen molar-refractivity contribution in [1.29, 1.82) is 0 Å². The van der Waals surface area contributed by atoms with Gasteiger partial charge in [-0.05, 0) is 19.4 Å². The van der Waals surface area contributed by atoms with Crippen LogP contribution in [0.3, 0.4) is 0 Å². The molecule has 0 aliphatic carbocycles. The monoisotopic (exact) mass is 471 g/mol. The van der Waals surface area contributed by atoms with E-state index in [9.17, 15) is 19.5 Å².